The number of hydrogen-bond acceptors (Lipinski definition) is 6. The van der Waals surface area contributed by atoms with Crippen molar-refractivity contribution in [2.45, 2.75) is 19.6 Å². The predicted octanol–water partition coefficient (Wildman–Crippen LogP) is 4.09. The molecule has 2 N–H and O–H groups in total. The van der Waals surface area contributed by atoms with E-state index in [2.05, 4.69) is 20.8 Å². The number of carbonyl (C=O) groups excluding carboxylic acids is 1. The van der Waals surface area contributed by atoms with Crippen LogP contribution < -0.4 is 15.4 Å². The van der Waals surface area contributed by atoms with Gasteiger partial charge in [0.15, 0.2) is 5.01 Å². The van der Waals surface area contributed by atoms with Crippen LogP contribution in [0.3, 0.4) is 0 Å². The molecule has 0 unspecified atom stereocenters. The lowest BCUT2D eigenvalue weighted by atomic mass is 9.98. The van der Waals surface area contributed by atoms with E-state index in [0.717, 1.165) is 19.5 Å². The number of nitrogens with zero attached hydrogens (tertiary/aromatic N) is 2. The van der Waals surface area contributed by atoms with Gasteiger partial charge in [-0.05, 0) is 54.4 Å². The Kier molecular flexibility index (Phi) is 6.85. The molecule has 4 rings (SSSR count). The van der Waals surface area contributed by atoms with Crippen molar-refractivity contribution in [2.24, 2.45) is 0 Å². The van der Waals surface area contributed by atoms with Crippen LogP contribution in [-0.2, 0) is 19.6 Å². The van der Waals surface area contributed by atoms with E-state index >= 15 is 0 Å². The van der Waals surface area contributed by atoms with Gasteiger partial charge in [0, 0.05) is 17.1 Å². The van der Waals surface area contributed by atoms with E-state index in [-0.39, 0.29) is 24.9 Å². The van der Waals surface area contributed by atoms with Crippen molar-refractivity contribution < 1.29 is 9.53 Å². The van der Waals surface area contributed by atoms with Gasteiger partial charge in [0.1, 0.15) is 12.4 Å². The molecule has 0 aliphatic carbocycles. The third-order valence-electron chi connectivity index (χ3n) is 4.20. The van der Waals surface area contributed by atoms with Gasteiger partial charge < -0.3 is 10.1 Å². The van der Waals surface area contributed by atoms with Gasteiger partial charge in [-0.3, -0.25) is 10.1 Å². The maximum absolute atomic E-state index is 12.5. The highest BCUT2D eigenvalue weighted by Gasteiger charge is 2.14. The van der Waals surface area contributed by atoms with Gasteiger partial charge >= 0.3 is 0 Å². The van der Waals surface area contributed by atoms with Crippen LogP contribution in [0.4, 0.5) is 5.13 Å². The number of halogens is 2. The second-order valence-corrected chi connectivity index (χ2v) is 7.61. The molecule has 1 aliphatic heterocycles. The van der Waals surface area contributed by atoms with Gasteiger partial charge in [-0.25, -0.2) is 0 Å². The van der Waals surface area contributed by atoms with E-state index in [1.165, 1.54) is 22.5 Å². The smallest absolute Gasteiger partial charge is 0.257 e. The fourth-order valence-corrected chi connectivity index (χ4v) is 3.68. The molecule has 0 fully saturated rings. The van der Waals surface area contributed by atoms with Crippen LogP contribution in [0.15, 0.2) is 42.5 Å². The fraction of sp³-hybridized carbons (Fsp3) is 0.211. The van der Waals surface area contributed by atoms with Gasteiger partial charge in [-0.2, -0.15) is 0 Å². The quantitative estimate of drug-likeness (QED) is 0.629. The Morgan fingerprint density at radius 1 is 1.21 bits per heavy atom. The van der Waals surface area contributed by atoms with E-state index < -0.39 is 0 Å². The summed E-state index contributed by atoms with van der Waals surface area (Å²) < 4.78 is 5.64. The Labute approximate surface area is 177 Å². The molecule has 0 saturated carbocycles. The summed E-state index contributed by atoms with van der Waals surface area (Å²) in [6, 6.07) is 12.9. The van der Waals surface area contributed by atoms with Crippen LogP contribution in [0.5, 0.6) is 5.75 Å². The summed E-state index contributed by atoms with van der Waals surface area (Å²) in [4.78, 5) is 12.5. The van der Waals surface area contributed by atoms with Crippen molar-refractivity contribution in [1.29, 1.82) is 0 Å². The Morgan fingerprint density at radius 3 is 2.96 bits per heavy atom. The number of hydrogen-bond donors (Lipinski definition) is 2. The van der Waals surface area contributed by atoms with Gasteiger partial charge in [-0.15, -0.1) is 22.6 Å². The number of carbonyl (C=O) groups is 1. The molecule has 0 bridgehead atoms. The molecule has 0 spiro atoms. The first-order valence-corrected chi connectivity index (χ1v) is 9.71. The number of fused-ring (bicyclic) bond motifs is 1. The molecule has 146 valence electrons. The molecule has 0 saturated heterocycles. The summed E-state index contributed by atoms with van der Waals surface area (Å²) in [5.41, 5.74) is 3.09. The SMILES string of the molecule is Cl.O=C(Nc1nnc(COc2cccc(Cl)c2)s1)c1ccc2c(c1)CCNC2. The Balaban J connectivity index is 0.00000225. The molecule has 6 nitrogen and oxygen atoms in total. The summed E-state index contributed by atoms with van der Waals surface area (Å²) in [6.07, 6.45) is 0.931. The van der Waals surface area contributed by atoms with Crippen LogP contribution in [0.1, 0.15) is 26.5 Å². The van der Waals surface area contributed by atoms with Gasteiger partial charge in [0.25, 0.3) is 5.91 Å². The topological polar surface area (TPSA) is 76.1 Å². The molecule has 1 amide bonds. The first-order valence-electron chi connectivity index (χ1n) is 8.52. The van der Waals surface area contributed by atoms with Gasteiger partial charge in [0.2, 0.25) is 5.13 Å². The zero-order valence-electron chi connectivity index (χ0n) is 14.8. The average molecular weight is 437 g/mol. The molecular weight excluding hydrogens is 419 g/mol. The third-order valence-corrected chi connectivity index (χ3v) is 5.25. The number of ether oxygens (including phenoxy) is 1. The minimum Gasteiger partial charge on any atom is -0.486 e. The fourth-order valence-electron chi connectivity index (χ4n) is 2.85. The van der Waals surface area contributed by atoms with Crippen molar-refractivity contribution >= 4 is 46.4 Å². The minimum atomic E-state index is -0.185. The summed E-state index contributed by atoms with van der Waals surface area (Å²) in [5.74, 6) is 0.474. The molecule has 2 aromatic carbocycles. The maximum Gasteiger partial charge on any atom is 0.257 e. The molecule has 9 heteroatoms. The number of nitrogens with one attached hydrogen (secondary N) is 2. The maximum atomic E-state index is 12.5. The normalized spacial score (nSPS) is 12.6. The average Bonchev–Trinajstić information content (AvgIpc) is 3.13. The van der Waals surface area contributed by atoms with Crippen LogP contribution >= 0.6 is 35.3 Å². The van der Waals surface area contributed by atoms with Gasteiger partial charge in [-0.1, -0.05) is 35.1 Å². The summed E-state index contributed by atoms with van der Waals surface area (Å²) >= 11 is 7.22. The number of aromatic nitrogens is 2. The first kappa shape index (κ1) is 20.5. The number of amides is 1. The van der Waals surface area contributed by atoms with Crippen molar-refractivity contribution in [1.82, 2.24) is 15.5 Å². The van der Waals surface area contributed by atoms with Crippen molar-refractivity contribution in [2.75, 3.05) is 11.9 Å². The largest absolute Gasteiger partial charge is 0.486 e. The van der Waals surface area contributed by atoms with Crippen LogP contribution in [0.25, 0.3) is 0 Å². The van der Waals surface area contributed by atoms with Crippen molar-refractivity contribution in [3.63, 3.8) is 0 Å². The lowest BCUT2D eigenvalue weighted by Gasteiger charge is -2.17. The van der Waals surface area contributed by atoms with E-state index in [9.17, 15) is 4.79 Å². The molecule has 2 heterocycles. The third kappa shape index (κ3) is 4.99. The van der Waals surface area contributed by atoms with E-state index in [1.54, 1.807) is 12.1 Å². The highest BCUT2D eigenvalue weighted by Crippen LogP contribution is 2.22. The Morgan fingerprint density at radius 2 is 2.11 bits per heavy atom. The monoisotopic (exact) mass is 436 g/mol. The Hall–Kier alpha value is -2.19. The van der Waals surface area contributed by atoms with E-state index in [0.29, 0.717) is 26.5 Å². The first-order chi connectivity index (χ1) is 13.2. The molecule has 28 heavy (non-hydrogen) atoms. The molecule has 1 aliphatic rings. The van der Waals surface area contributed by atoms with Crippen LogP contribution in [0, 0.1) is 0 Å². The zero-order valence-corrected chi connectivity index (χ0v) is 17.2. The zero-order chi connectivity index (χ0) is 18.6. The van der Waals surface area contributed by atoms with Crippen molar-refractivity contribution in [3.05, 3.63) is 69.2 Å². The highest BCUT2D eigenvalue weighted by atomic mass is 35.5. The van der Waals surface area contributed by atoms with Crippen molar-refractivity contribution in [3.8, 4) is 5.75 Å². The highest BCUT2D eigenvalue weighted by molar-refractivity contribution is 7.15. The van der Waals surface area contributed by atoms with Gasteiger partial charge in [0.05, 0.1) is 0 Å². The van der Waals surface area contributed by atoms with Crippen LogP contribution in [-0.4, -0.2) is 22.6 Å². The molecule has 3 aromatic rings. The Bertz CT molecular complexity index is 980. The lowest BCUT2D eigenvalue weighted by Crippen LogP contribution is -2.24. The summed E-state index contributed by atoms with van der Waals surface area (Å²) in [7, 11) is 0. The molecular formula is C19H18Cl2N4O2S. The molecule has 0 atom stereocenters. The standard InChI is InChI=1S/C19H17ClN4O2S.ClH/c20-15-2-1-3-16(9-15)26-11-17-23-24-19(27-17)22-18(25)13-4-5-14-10-21-7-6-12(14)8-13;/h1-5,8-9,21H,6-7,10-11H2,(H,22,24,25);1H. The molecule has 1 aromatic heterocycles. The second kappa shape index (κ2) is 9.34. The minimum absolute atomic E-state index is 0. The summed E-state index contributed by atoms with van der Waals surface area (Å²) in [6.45, 7) is 2.05. The van der Waals surface area contributed by atoms with E-state index in [1.807, 2.05) is 30.3 Å². The van der Waals surface area contributed by atoms with E-state index in [4.69, 9.17) is 16.3 Å². The summed E-state index contributed by atoms with van der Waals surface area (Å²) in [5, 5.41) is 15.9. The number of rotatable bonds is 5. The number of benzene rings is 2. The lowest BCUT2D eigenvalue weighted by molar-refractivity contribution is 0.102. The van der Waals surface area contributed by atoms with Crippen LogP contribution in [0.2, 0.25) is 5.02 Å². The predicted molar refractivity (Wildman–Crippen MR) is 113 cm³/mol. The molecule has 0 radical (unpaired) electrons. The number of anilines is 1. The second-order valence-electron chi connectivity index (χ2n) is 6.11.